The fourth-order valence-corrected chi connectivity index (χ4v) is 4.19. The minimum absolute atomic E-state index is 0.275. The van der Waals surface area contributed by atoms with Crippen LogP contribution in [0, 0.1) is 5.92 Å². The molecule has 2 aromatic rings. The number of nitrogen functional groups attached to an aromatic ring is 1. The van der Waals surface area contributed by atoms with Crippen molar-refractivity contribution in [2.24, 2.45) is 5.92 Å². The number of benzene rings is 1. The number of anilines is 5. The smallest absolute Gasteiger partial charge is 0.144 e. The summed E-state index contributed by atoms with van der Waals surface area (Å²) in [6, 6.07) is 5.80. The van der Waals surface area contributed by atoms with Gasteiger partial charge in [0.05, 0.1) is 24.2 Å². The Balaban J connectivity index is 1.50. The maximum absolute atomic E-state index is 6.35. The van der Waals surface area contributed by atoms with Gasteiger partial charge in [-0.3, -0.25) is 0 Å². The van der Waals surface area contributed by atoms with Gasteiger partial charge in [-0.25, -0.2) is 9.97 Å². The summed E-state index contributed by atoms with van der Waals surface area (Å²) < 4.78 is 5.62. The number of nitrogens with two attached hydrogens (primary N) is 1. The molecular formula is C21H31N7O. The molecule has 4 N–H and O–H groups in total. The first-order chi connectivity index (χ1) is 13.9. The fraction of sp³-hybridized carbons (Fsp3) is 0.524. The Hall–Kier alpha value is -2.74. The lowest BCUT2D eigenvalue weighted by molar-refractivity contribution is 0.00181. The molecule has 0 radical (unpaired) electrons. The highest BCUT2D eigenvalue weighted by atomic mass is 16.5. The molecule has 0 saturated heterocycles. The van der Waals surface area contributed by atoms with Crippen molar-refractivity contribution >= 4 is 28.7 Å². The van der Waals surface area contributed by atoms with Gasteiger partial charge in [0.15, 0.2) is 0 Å². The summed E-state index contributed by atoms with van der Waals surface area (Å²) in [4.78, 5) is 13.0. The van der Waals surface area contributed by atoms with Crippen LogP contribution in [-0.2, 0) is 0 Å². The van der Waals surface area contributed by atoms with Gasteiger partial charge in [0.2, 0.25) is 0 Å². The predicted molar refractivity (Wildman–Crippen MR) is 118 cm³/mol. The molecule has 8 heteroatoms. The van der Waals surface area contributed by atoms with Crippen molar-refractivity contribution < 1.29 is 4.74 Å². The molecule has 1 aromatic heterocycles. The maximum atomic E-state index is 6.35. The number of aromatic nitrogens is 2. The summed E-state index contributed by atoms with van der Waals surface area (Å²) in [6.07, 6.45) is 5.35. The molecular weight excluding hydrogens is 366 g/mol. The van der Waals surface area contributed by atoms with E-state index in [0.29, 0.717) is 11.5 Å². The Bertz CT molecular complexity index is 868. The van der Waals surface area contributed by atoms with Crippen molar-refractivity contribution in [1.82, 2.24) is 14.9 Å². The van der Waals surface area contributed by atoms with E-state index in [1.807, 2.05) is 25.2 Å². The van der Waals surface area contributed by atoms with Crippen LogP contribution < -0.4 is 26.0 Å². The molecule has 3 saturated carbocycles. The first kappa shape index (κ1) is 19.6. The monoisotopic (exact) mass is 397 g/mol. The summed E-state index contributed by atoms with van der Waals surface area (Å²) in [5, 5.41) is 6.91. The second-order valence-electron chi connectivity index (χ2n) is 8.63. The van der Waals surface area contributed by atoms with E-state index in [9.17, 15) is 0 Å². The summed E-state index contributed by atoms with van der Waals surface area (Å²) in [6.45, 7) is 1.81. The summed E-state index contributed by atoms with van der Waals surface area (Å²) in [7, 11) is 7.82. The van der Waals surface area contributed by atoms with Gasteiger partial charge in [-0.05, 0) is 45.3 Å². The van der Waals surface area contributed by atoms with Crippen molar-refractivity contribution in [3.63, 3.8) is 0 Å². The van der Waals surface area contributed by atoms with Crippen LogP contribution in [0.1, 0.15) is 19.3 Å². The van der Waals surface area contributed by atoms with E-state index >= 15 is 0 Å². The third-order valence-corrected chi connectivity index (χ3v) is 6.00. The van der Waals surface area contributed by atoms with E-state index in [4.69, 9.17) is 10.5 Å². The minimum atomic E-state index is 0.275. The topological polar surface area (TPSA) is 91.6 Å². The fourth-order valence-electron chi connectivity index (χ4n) is 4.19. The van der Waals surface area contributed by atoms with Crippen LogP contribution >= 0.6 is 0 Å². The molecule has 5 rings (SSSR count). The Morgan fingerprint density at radius 1 is 1.10 bits per heavy atom. The molecule has 1 heterocycles. The van der Waals surface area contributed by atoms with Crippen LogP contribution in [0.3, 0.4) is 0 Å². The normalized spacial score (nSPS) is 21.9. The molecule has 2 bridgehead atoms. The van der Waals surface area contributed by atoms with Gasteiger partial charge < -0.3 is 30.9 Å². The van der Waals surface area contributed by atoms with E-state index in [1.165, 1.54) is 19.3 Å². The number of rotatable bonds is 9. The Morgan fingerprint density at radius 3 is 2.45 bits per heavy atom. The first-order valence-corrected chi connectivity index (χ1v) is 10.1. The van der Waals surface area contributed by atoms with E-state index in [2.05, 4.69) is 44.5 Å². The maximum Gasteiger partial charge on any atom is 0.144 e. The van der Waals surface area contributed by atoms with Crippen molar-refractivity contribution in [1.29, 1.82) is 0 Å². The van der Waals surface area contributed by atoms with Crippen LogP contribution in [0.15, 0.2) is 24.5 Å². The van der Waals surface area contributed by atoms with Gasteiger partial charge in [0.1, 0.15) is 23.7 Å². The highest BCUT2D eigenvalue weighted by molar-refractivity contribution is 5.79. The van der Waals surface area contributed by atoms with Crippen molar-refractivity contribution in [2.45, 2.75) is 24.8 Å². The molecule has 8 nitrogen and oxygen atoms in total. The number of likely N-dealkylation sites (N-methyl/N-ethyl adjacent to an activating group) is 2. The SMILES string of the molecule is COc1cc(N(C)CCN(C)C)c(N)cc1Nc1cc(NC23CC(C2)C3)ncn1. The van der Waals surface area contributed by atoms with Crippen molar-refractivity contribution in [3.05, 3.63) is 24.5 Å². The van der Waals surface area contributed by atoms with Crippen molar-refractivity contribution in [2.75, 3.05) is 62.6 Å². The Kier molecular flexibility index (Phi) is 5.12. The number of ether oxygens (including phenoxy) is 1. The van der Waals surface area contributed by atoms with Gasteiger partial charge in [-0.1, -0.05) is 0 Å². The van der Waals surface area contributed by atoms with Gasteiger partial charge in [-0.2, -0.15) is 0 Å². The average molecular weight is 398 g/mol. The zero-order chi connectivity index (χ0) is 20.6. The van der Waals surface area contributed by atoms with Crippen LogP contribution in [0.25, 0.3) is 0 Å². The van der Waals surface area contributed by atoms with Gasteiger partial charge in [0.25, 0.3) is 0 Å². The molecule has 0 aliphatic heterocycles. The highest BCUT2D eigenvalue weighted by Crippen LogP contribution is 2.58. The van der Waals surface area contributed by atoms with E-state index in [1.54, 1.807) is 13.4 Å². The number of nitrogens with one attached hydrogen (secondary N) is 2. The van der Waals surface area contributed by atoms with Gasteiger partial charge in [0, 0.05) is 37.8 Å². The Morgan fingerprint density at radius 2 is 1.83 bits per heavy atom. The van der Waals surface area contributed by atoms with E-state index < -0.39 is 0 Å². The second-order valence-corrected chi connectivity index (χ2v) is 8.63. The van der Waals surface area contributed by atoms with Crippen LogP contribution in [0.4, 0.5) is 28.7 Å². The standard InChI is InChI=1S/C21H31N7O/c1-27(2)5-6-28(3)17-8-18(29-4)16(7-15(17)22)25-19-9-20(24-13-23-19)26-21-10-14(11-21)12-21/h7-9,13-14H,5-6,10-12,22H2,1-4H3,(H2,23,24,25,26). The molecule has 1 aromatic carbocycles. The molecule has 0 spiro atoms. The number of hydrogen-bond acceptors (Lipinski definition) is 8. The average Bonchev–Trinajstić information content (AvgIpc) is 2.62. The largest absolute Gasteiger partial charge is 0.494 e. The lowest BCUT2D eigenvalue weighted by atomic mass is 9.50. The summed E-state index contributed by atoms with van der Waals surface area (Å²) in [5.74, 6) is 3.20. The number of nitrogens with zero attached hydrogens (tertiary/aromatic N) is 4. The lowest BCUT2D eigenvalue weighted by Gasteiger charge is -2.62. The Labute approximate surface area is 172 Å². The zero-order valence-electron chi connectivity index (χ0n) is 17.7. The molecule has 3 aliphatic carbocycles. The van der Waals surface area contributed by atoms with Crippen molar-refractivity contribution in [3.8, 4) is 5.75 Å². The van der Waals surface area contributed by atoms with Gasteiger partial charge in [-0.15, -0.1) is 0 Å². The lowest BCUT2D eigenvalue weighted by Crippen LogP contribution is -2.63. The minimum Gasteiger partial charge on any atom is -0.494 e. The molecule has 0 unspecified atom stereocenters. The third kappa shape index (κ3) is 4.03. The van der Waals surface area contributed by atoms with Crippen LogP contribution in [0.5, 0.6) is 5.75 Å². The molecule has 3 fully saturated rings. The molecule has 29 heavy (non-hydrogen) atoms. The highest BCUT2D eigenvalue weighted by Gasteiger charge is 2.56. The zero-order valence-corrected chi connectivity index (χ0v) is 17.7. The second kappa shape index (κ2) is 7.59. The molecule has 156 valence electrons. The van der Waals surface area contributed by atoms with Crippen LogP contribution in [0.2, 0.25) is 0 Å². The van der Waals surface area contributed by atoms with E-state index in [0.717, 1.165) is 41.9 Å². The first-order valence-electron chi connectivity index (χ1n) is 10.1. The van der Waals surface area contributed by atoms with Crippen LogP contribution in [-0.4, -0.2) is 61.7 Å². The quantitative estimate of drug-likeness (QED) is 0.557. The number of hydrogen-bond donors (Lipinski definition) is 3. The molecule has 0 atom stereocenters. The van der Waals surface area contributed by atoms with E-state index in [-0.39, 0.29) is 5.54 Å². The predicted octanol–water partition coefficient (Wildman–Crippen LogP) is 2.77. The molecule has 0 amide bonds. The summed E-state index contributed by atoms with van der Waals surface area (Å²) in [5.41, 5.74) is 9.05. The summed E-state index contributed by atoms with van der Waals surface area (Å²) >= 11 is 0. The third-order valence-electron chi connectivity index (χ3n) is 6.00. The number of methoxy groups -OCH3 is 1. The van der Waals surface area contributed by atoms with Gasteiger partial charge >= 0.3 is 0 Å². The molecule has 3 aliphatic rings.